The molecule has 1 aromatic heterocycles. The fraction of sp³-hybridized carbons (Fsp3) is 0.273. The van der Waals surface area contributed by atoms with Crippen molar-refractivity contribution >= 4 is 10.9 Å². The molecule has 1 atom stereocenters. The average Bonchev–Trinajstić information content (AvgIpc) is 2.50. The van der Waals surface area contributed by atoms with E-state index in [1.807, 2.05) is 0 Å². The highest BCUT2D eigenvalue weighted by Crippen LogP contribution is 2.25. The summed E-state index contributed by atoms with van der Waals surface area (Å²) in [7, 11) is 0. The van der Waals surface area contributed by atoms with Crippen molar-refractivity contribution < 1.29 is 0 Å². The van der Waals surface area contributed by atoms with Gasteiger partial charge in [0.1, 0.15) is 0 Å². The summed E-state index contributed by atoms with van der Waals surface area (Å²) in [5.74, 6) is 0. The Balaban J connectivity index is 2.38. The molecule has 1 aliphatic heterocycles. The Kier molecular flexibility index (Phi) is 1.30. The highest BCUT2D eigenvalue weighted by molar-refractivity contribution is 5.84. The van der Waals surface area contributed by atoms with Crippen LogP contribution in [0.2, 0.25) is 0 Å². The Morgan fingerprint density at radius 3 is 3.15 bits per heavy atom. The maximum atomic E-state index is 5.96. The van der Waals surface area contributed by atoms with E-state index in [4.69, 9.17) is 5.73 Å². The van der Waals surface area contributed by atoms with Crippen LogP contribution >= 0.6 is 0 Å². The summed E-state index contributed by atoms with van der Waals surface area (Å²) in [5.41, 5.74) is 8.73. The lowest BCUT2D eigenvalue weighted by atomic mass is 10.0. The van der Waals surface area contributed by atoms with E-state index in [0.29, 0.717) is 0 Å². The monoisotopic (exact) mass is 172 g/mol. The highest BCUT2D eigenvalue weighted by Gasteiger charge is 2.16. The smallest absolute Gasteiger partial charge is 0.0513 e. The van der Waals surface area contributed by atoms with Gasteiger partial charge in [-0.3, -0.25) is 0 Å². The quantitative estimate of drug-likeness (QED) is 0.641. The molecule has 13 heavy (non-hydrogen) atoms. The molecule has 3 rings (SSSR count). The van der Waals surface area contributed by atoms with Crippen molar-refractivity contribution in [2.45, 2.75) is 19.0 Å². The minimum atomic E-state index is 0.283. The molecule has 0 bridgehead atoms. The van der Waals surface area contributed by atoms with Gasteiger partial charge in [-0.2, -0.15) is 0 Å². The Bertz CT molecular complexity index is 456. The molecule has 2 nitrogen and oxygen atoms in total. The first-order valence-corrected chi connectivity index (χ1v) is 4.67. The minimum Gasteiger partial charge on any atom is -0.346 e. The van der Waals surface area contributed by atoms with Gasteiger partial charge in [0.15, 0.2) is 0 Å². The molecule has 0 aliphatic carbocycles. The van der Waals surface area contributed by atoms with E-state index in [-0.39, 0.29) is 6.04 Å². The first kappa shape index (κ1) is 7.15. The van der Waals surface area contributed by atoms with Crippen LogP contribution in [-0.2, 0) is 13.0 Å². The lowest BCUT2D eigenvalue weighted by Gasteiger charge is -2.21. The summed E-state index contributed by atoms with van der Waals surface area (Å²) in [6.45, 7) is 0.959. The number of hydrogen-bond donors (Lipinski definition) is 1. The number of benzene rings is 1. The van der Waals surface area contributed by atoms with Gasteiger partial charge in [0.05, 0.1) is 5.52 Å². The molecule has 1 aliphatic rings. The Morgan fingerprint density at radius 1 is 1.31 bits per heavy atom. The molecule has 66 valence electrons. The Hall–Kier alpha value is -1.28. The molecule has 0 radical (unpaired) electrons. The van der Waals surface area contributed by atoms with Crippen LogP contribution in [0.5, 0.6) is 0 Å². The van der Waals surface area contributed by atoms with E-state index in [1.54, 1.807) is 0 Å². The van der Waals surface area contributed by atoms with Gasteiger partial charge in [-0.15, -0.1) is 0 Å². The number of rotatable bonds is 0. The van der Waals surface area contributed by atoms with Crippen LogP contribution in [0.4, 0.5) is 0 Å². The average molecular weight is 172 g/mol. The van der Waals surface area contributed by atoms with Crippen molar-refractivity contribution in [2.24, 2.45) is 5.73 Å². The zero-order valence-corrected chi connectivity index (χ0v) is 7.40. The molecule has 0 saturated heterocycles. The van der Waals surface area contributed by atoms with E-state index >= 15 is 0 Å². The third-order valence-electron chi connectivity index (χ3n) is 2.79. The molecular weight excluding hydrogens is 160 g/mol. The second kappa shape index (κ2) is 2.36. The van der Waals surface area contributed by atoms with Crippen LogP contribution in [0, 0.1) is 0 Å². The van der Waals surface area contributed by atoms with Crippen molar-refractivity contribution in [3.63, 3.8) is 0 Å². The van der Waals surface area contributed by atoms with Crippen molar-refractivity contribution in [2.75, 3.05) is 0 Å². The molecule has 0 saturated carbocycles. The summed E-state index contributed by atoms with van der Waals surface area (Å²) in [5, 5.41) is 1.34. The van der Waals surface area contributed by atoms with Gasteiger partial charge in [0, 0.05) is 18.8 Å². The van der Waals surface area contributed by atoms with Crippen LogP contribution in [0.15, 0.2) is 30.5 Å². The molecular formula is C11H12N2. The SMILES string of the molecule is NC1Cc2cccc3ccn(c23)C1. The normalized spacial score (nSPS) is 20.8. The topological polar surface area (TPSA) is 30.9 Å². The van der Waals surface area contributed by atoms with Crippen molar-refractivity contribution in [1.82, 2.24) is 4.57 Å². The zero-order chi connectivity index (χ0) is 8.84. The number of nitrogens with two attached hydrogens (primary N) is 1. The lowest BCUT2D eigenvalue weighted by molar-refractivity contribution is 0.541. The molecule has 0 amide bonds. The molecule has 2 heteroatoms. The maximum Gasteiger partial charge on any atom is 0.0513 e. The van der Waals surface area contributed by atoms with Crippen molar-refractivity contribution in [3.8, 4) is 0 Å². The summed E-state index contributed by atoms with van der Waals surface area (Å²) in [4.78, 5) is 0. The first-order chi connectivity index (χ1) is 6.34. The van der Waals surface area contributed by atoms with Gasteiger partial charge in [-0.1, -0.05) is 18.2 Å². The van der Waals surface area contributed by atoms with E-state index in [1.165, 1.54) is 16.5 Å². The highest BCUT2D eigenvalue weighted by atomic mass is 15.0. The van der Waals surface area contributed by atoms with Crippen LogP contribution in [0.25, 0.3) is 10.9 Å². The molecule has 1 unspecified atom stereocenters. The molecule has 1 aromatic carbocycles. The van der Waals surface area contributed by atoms with Crippen LogP contribution in [0.1, 0.15) is 5.56 Å². The second-order valence-electron chi connectivity index (χ2n) is 3.79. The predicted octanol–water partition coefficient (Wildman–Crippen LogP) is 1.52. The fourth-order valence-corrected chi connectivity index (χ4v) is 2.26. The van der Waals surface area contributed by atoms with Gasteiger partial charge in [-0.05, 0) is 23.4 Å². The predicted molar refractivity (Wildman–Crippen MR) is 53.6 cm³/mol. The van der Waals surface area contributed by atoms with Gasteiger partial charge < -0.3 is 10.3 Å². The van der Waals surface area contributed by atoms with Gasteiger partial charge in [0.25, 0.3) is 0 Å². The minimum absolute atomic E-state index is 0.283. The van der Waals surface area contributed by atoms with E-state index in [2.05, 4.69) is 35.0 Å². The van der Waals surface area contributed by atoms with E-state index in [0.717, 1.165) is 13.0 Å². The van der Waals surface area contributed by atoms with E-state index in [9.17, 15) is 0 Å². The van der Waals surface area contributed by atoms with Crippen molar-refractivity contribution in [3.05, 3.63) is 36.0 Å². The van der Waals surface area contributed by atoms with Crippen molar-refractivity contribution in [1.29, 1.82) is 0 Å². The summed E-state index contributed by atoms with van der Waals surface area (Å²) in [6, 6.07) is 8.89. The summed E-state index contributed by atoms with van der Waals surface area (Å²) >= 11 is 0. The van der Waals surface area contributed by atoms with Crippen LogP contribution in [0.3, 0.4) is 0 Å². The van der Waals surface area contributed by atoms with Crippen LogP contribution < -0.4 is 5.73 Å². The number of hydrogen-bond acceptors (Lipinski definition) is 1. The maximum absolute atomic E-state index is 5.96. The largest absolute Gasteiger partial charge is 0.346 e. The second-order valence-corrected chi connectivity index (χ2v) is 3.79. The zero-order valence-electron chi connectivity index (χ0n) is 7.40. The molecule has 2 N–H and O–H groups in total. The third-order valence-corrected chi connectivity index (χ3v) is 2.79. The van der Waals surface area contributed by atoms with Crippen LogP contribution in [-0.4, -0.2) is 10.6 Å². The standard InChI is InChI=1S/C11H12N2/c12-10-6-9-3-1-2-8-4-5-13(7-10)11(8)9/h1-5,10H,6-7,12H2. The fourth-order valence-electron chi connectivity index (χ4n) is 2.26. The summed E-state index contributed by atoms with van der Waals surface area (Å²) in [6.07, 6.45) is 3.15. The Labute approximate surface area is 77.0 Å². The number of nitrogens with zero attached hydrogens (tertiary/aromatic N) is 1. The number of aromatic nitrogens is 1. The van der Waals surface area contributed by atoms with Gasteiger partial charge in [-0.25, -0.2) is 0 Å². The Morgan fingerprint density at radius 2 is 2.23 bits per heavy atom. The van der Waals surface area contributed by atoms with E-state index < -0.39 is 0 Å². The molecule has 0 fully saturated rings. The van der Waals surface area contributed by atoms with Gasteiger partial charge in [0.2, 0.25) is 0 Å². The first-order valence-electron chi connectivity index (χ1n) is 4.67. The molecule has 0 spiro atoms. The third kappa shape index (κ3) is 0.923. The summed E-state index contributed by atoms with van der Waals surface area (Å²) < 4.78 is 2.26. The molecule has 2 aromatic rings. The molecule has 2 heterocycles. The number of para-hydroxylation sites is 1. The lowest BCUT2D eigenvalue weighted by Crippen LogP contribution is -2.31. The van der Waals surface area contributed by atoms with Gasteiger partial charge >= 0.3 is 0 Å².